The lowest BCUT2D eigenvalue weighted by Crippen LogP contribution is -2.19. The zero-order chi connectivity index (χ0) is 12.8. The van der Waals surface area contributed by atoms with E-state index in [1.54, 1.807) is 0 Å². The van der Waals surface area contributed by atoms with Crippen molar-refractivity contribution in [2.24, 2.45) is 23.7 Å². The van der Waals surface area contributed by atoms with Crippen LogP contribution in [0.4, 0.5) is 0 Å². The van der Waals surface area contributed by atoms with Crippen molar-refractivity contribution in [1.82, 2.24) is 0 Å². The van der Waals surface area contributed by atoms with Gasteiger partial charge in [0, 0.05) is 5.92 Å². The molecule has 0 bridgehead atoms. The van der Waals surface area contributed by atoms with Gasteiger partial charge in [-0.05, 0) is 37.0 Å². The third-order valence-corrected chi connectivity index (χ3v) is 5.47. The molecule has 0 N–H and O–H groups in total. The molecule has 1 heteroatoms. The molecule has 0 radical (unpaired) electrons. The summed E-state index contributed by atoms with van der Waals surface area (Å²) < 4.78 is 0. The van der Waals surface area contributed by atoms with Gasteiger partial charge in [-0.2, -0.15) is 0 Å². The average molecular weight is 250 g/mol. The molecule has 2 fully saturated rings. The van der Waals surface area contributed by atoms with Crippen LogP contribution in [0.2, 0.25) is 0 Å². The first-order valence-electron chi connectivity index (χ1n) is 8.27. The zero-order valence-corrected chi connectivity index (χ0v) is 12.1. The Morgan fingerprint density at radius 1 is 0.889 bits per heavy atom. The molecule has 18 heavy (non-hydrogen) atoms. The minimum absolute atomic E-state index is 0.387. The van der Waals surface area contributed by atoms with Crippen molar-refractivity contribution in [3.8, 4) is 0 Å². The van der Waals surface area contributed by atoms with Crippen LogP contribution in [-0.4, -0.2) is 6.29 Å². The predicted octanol–water partition coefficient (Wildman–Crippen LogP) is 4.99. The molecule has 0 aromatic rings. The van der Waals surface area contributed by atoms with Crippen molar-refractivity contribution in [3.63, 3.8) is 0 Å². The Bertz CT molecular complexity index is 248. The van der Waals surface area contributed by atoms with Crippen LogP contribution in [0.3, 0.4) is 0 Å². The van der Waals surface area contributed by atoms with E-state index in [9.17, 15) is 4.79 Å². The van der Waals surface area contributed by atoms with Crippen LogP contribution in [0.25, 0.3) is 0 Å². The van der Waals surface area contributed by atoms with Crippen LogP contribution in [0.15, 0.2) is 0 Å². The van der Waals surface area contributed by atoms with E-state index in [-0.39, 0.29) is 0 Å². The highest BCUT2D eigenvalue weighted by molar-refractivity contribution is 5.53. The van der Waals surface area contributed by atoms with Gasteiger partial charge in [0.2, 0.25) is 0 Å². The zero-order valence-electron chi connectivity index (χ0n) is 12.1. The summed E-state index contributed by atoms with van der Waals surface area (Å²) in [5.74, 6) is 3.26. The smallest absolute Gasteiger partial charge is 0.123 e. The van der Waals surface area contributed by atoms with Gasteiger partial charge in [-0.3, -0.25) is 0 Å². The Kier molecular flexibility index (Phi) is 5.72. The molecule has 1 nitrogen and oxygen atoms in total. The number of rotatable bonds is 5. The van der Waals surface area contributed by atoms with Crippen molar-refractivity contribution in [1.29, 1.82) is 0 Å². The van der Waals surface area contributed by atoms with Crippen LogP contribution >= 0.6 is 0 Å². The van der Waals surface area contributed by atoms with E-state index in [1.165, 1.54) is 70.5 Å². The maximum atomic E-state index is 10.9. The lowest BCUT2D eigenvalue weighted by Gasteiger charge is -2.31. The monoisotopic (exact) mass is 250 g/mol. The number of aldehydes is 1. The van der Waals surface area contributed by atoms with E-state index in [1.807, 2.05) is 0 Å². The molecule has 4 atom stereocenters. The Balaban J connectivity index is 1.68. The Labute approximate surface area is 113 Å². The van der Waals surface area contributed by atoms with Crippen LogP contribution in [0.5, 0.6) is 0 Å². The molecule has 0 amide bonds. The van der Waals surface area contributed by atoms with E-state index in [0.29, 0.717) is 5.92 Å². The molecule has 2 aliphatic rings. The summed E-state index contributed by atoms with van der Waals surface area (Å²) in [4.78, 5) is 10.9. The molecular weight excluding hydrogens is 220 g/mol. The second-order valence-corrected chi connectivity index (χ2v) is 6.81. The summed E-state index contributed by atoms with van der Waals surface area (Å²) in [6.07, 6.45) is 16.3. The summed E-state index contributed by atoms with van der Waals surface area (Å²) in [5, 5.41) is 0. The van der Waals surface area contributed by atoms with Crippen molar-refractivity contribution in [2.75, 3.05) is 0 Å². The molecule has 2 aliphatic carbocycles. The molecule has 2 saturated carbocycles. The fraction of sp³-hybridized carbons (Fsp3) is 0.941. The van der Waals surface area contributed by atoms with Crippen LogP contribution in [-0.2, 0) is 4.79 Å². The highest BCUT2D eigenvalue weighted by Crippen LogP contribution is 2.37. The first-order chi connectivity index (χ1) is 8.81. The summed E-state index contributed by atoms with van der Waals surface area (Å²) >= 11 is 0. The van der Waals surface area contributed by atoms with Gasteiger partial charge in [0.15, 0.2) is 0 Å². The summed E-state index contributed by atoms with van der Waals surface area (Å²) in [5.41, 5.74) is 0. The molecular formula is C17H30O. The van der Waals surface area contributed by atoms with Crippen molar-refractivity contribution >= 4 is 6.29 Å². The first kappa shape index (κ1) is 14.1. The fourth-order valence-corrected chi connectivity index (χ4v) is 4.23. The average Bonchev–Trinajstić information content (AvgIpc) is 2.45. The molecule has 4 unspecified atom stereocenters. The number of hydrogen-bond donors (Lipinski definition) is 0. The topological polar surface area (TPSA) is 17.1 Å². The first-order valence-corrected chi connectivity index (χ1v) is 8.27. The summed E-state index contributed by atoms with van der Waals surface area (Å²) in [6.45, 7) is 2.35. The number of hydrogen-bond acceptors (Lipinski definition) is 1. The lowest BCUT2D eigenvalue weighted by molar-refractivity contribution is -0.112. The SMILES string of the molecule is CCC1CCCC(CCC2CCCC(C=O)C2)C1. The van der Waals surface area contributed by atoms with E-state index in [0.717, 1.165) is 24.2 Å². The minimum atomic E-state index is 0.387. The Hall–Kier alpha value is -0.330. The van der Waals surface area contributed by atoms with Gasteiger partial charge in [0.05, 0.1) is 0 Å². The third kappa shape index (κ3) is 4.10. The molecule has 2 rings (SSSR count). The molecule has 0 heterocycles. The normalized spacial score (nSPS) is 37.4. The van der Waals surface area contributed by atoms with Gasteiger partial charge in [-0.1, -0.05) is 58.3 Å². The Morgan fingerprint density at radius 2 is 1.50 bits per heavy atom. The van der Waals surface area contributed by atoms with Gasteiger partial charge in [0.1, 0.15) is 6.29 Å². The molecule has 104 valence electrons. The van der Waals surface area contributed by atoms with Gasteiger partial charge in [-0.15, -0.1) is 0 Å². The van der Waals surface area contributed by atoms with E-state index in [2.05, 4.69) is 6.92 Å². The quantitative estimate of drug-likeness (QED) is 0.628. The van der Waals surface area contributed by atoms with E-state index >= 15 is 0 Å². The van der Waals surface area contributed by atoms with Crippen LogP contribution < -0.4 is 0 Å². The van der Waals surface area contributed by atoms with Crippen molar-refractivity contribution in [3.05, 3.63) is 0 Å². The van der Waals surface area contributed by atoms with Crippen molar-refractivity contribution in [2.45, 2.75) is 77.6 Å². The molecule has 0 aromatic heterocycles. The highest BCUT2D eigenvalue weighted by Gasteiger charge is 2.24. The second-order valence-electron chi connectivity index (χ2n) is 6.81. The van der Waals surface area contributed by atoms with E-state index in [4.69, 9.17) is 0 Å². The highest BCUT2D eigenvalue weighted by atomic mass is 16.1. The van der Waals surface area contributed by atoms with Gasteiger partial charge >= 0.3 is 0 Å². The second kappa shape index (κ2) is 7.31. The number of carbonyl (C=O) groups is 1. The van der Waals surface area contributed by atoms with E-state index < -0.39 is 0 Å². The van der Waals surface area contributed by atoms with Gasteiger partial charge in [-0.25, -0.2) is 0 Å². The Morgan fingerprint density at radius 3 is 2.17 bits per heavy atom. The molecule has 0 aromatic carbocycles. The predicted molar refractivity (Wildman–Crippen MR) is 76.5 cm³/mol. The van der Waals surface area contributed by atoms with Crippen molar-refractivity contribution < 1.29 is 4.79 Å². The lowest BCUT2D eigenvalue weighted by atomic mass is 9.74. The maximum Gasteiger partial charge on any atom is 0.123 e. The summed E-state index contributed by atoms with van der Waals surface area (Å²) in [7, 11) is 0. The molecule has 0 saturated heterocycles. The summed E-state index contributed by atoms with van der Waals surface area (Å²) in [6, 6.07) is 0. The van der Waals surface area contributed by atoms with Gasteiger partial charge in [0.25, 0.3) is 0 Å². The van der Waals surface area contributed by atoms with Crippen LogP contribution in [0, 0.1) is 23.7 Å². The van der Waals surface area contributed by atoms with Gasteiger partial charge < -0.3 is 4.79 Å². The third-order valence-electron chi connectivity index (χ3n) is 5.47. The number of carbonyl (C=O) groups excluding carboxylic acids is 1. The standard InChI is InChI=1S/C17H30O/c1-2-14-5-3-6-15(11-14)9-10-16-7-4-8-17(12-16)13-18/h13-17H,2-12H2,1H3. The molecule has 0 aliphatic heterocycles. The minimum Gasteiger partial charge on any atom is -0.303 e. The van der Waals surface area contributed by atoms with Crippen LogP contribution in [0.1, 0.15) is 77.6 Å². The maximum absolute atomic E-state index is 10.9. The molecule has 0 spiro atoms. The largest absolute Gasteiger partial charge is 0.303 e. The fourth-order valence-electron chi connectivity index (χ4n) is 4.23.